The van der Waals surface area contributed by atoms with Crippen LogP contribution in [0.15, 0.2) is 53.4 Å². The van der Waals surface area contributed by atoms with Crippen LogP contribution in [-0.4, -0.2) is 13.0 Å². The van der Waals surface area contributed by atoms with Crippen molar-refractivity contribution in [2.75, 3.05) is 6.54 Å². The molecular weight excluding hydrogens is 385 g/mol. The Morgan fingerprint density at radius 2 is 1.81 bits per heavy atom. The summed E-state index contributed by atoms with van der Waals surface area (Å²) in [6, 6.07) is 1.74. The Hall–Kier alpha value is -2.08. The average molecular weight is 406 g/mol. The third-order valence-electron chi connectivity index (χ3n) is 3.38. The van der Waals surface area contributed by atoms with Crippen molar-refractivity contribution in [3.8, 4) is 0 Å². The van der Waals surface area contributed by atoms with Crippen LogP contribution in [0.4, 0.5) is 22.0 Å². The lowest BCUT2D eigenvalue weighted by molar-refractivity contribution is 0.151. The number of hydrogen-bond acceptors (Lipinski definition) is 1. The number of benzene rings is 1. The van der Waals surface area contributed by atoms with Crippen LogP contribution in [0.25, 0.3) is 5.70 Å². The Morgan fingerprint density at radius 1 is 1.22 bits per heavy atom. The molecule has 27 heavy (non-hydrogen) atoms. The molecule has 0 radical (unpaired) electrons. The van der Waals surface area contributed by atoms with E-state index in [1.165, 1.54) is 0 Å². The third kappa shape index (κ3) is 6.86. The summed E-state index contributed by atoms with van der Waals surface area (Å²) in [6.45, 7) is 3.82. The molecule has 0 unspecified atom stereocenters. The first kappa shape index (κ1) is 23.0. The van der Waals surface area contributed by atoms with E-state index in [2.05, 4.69) is 5.32 Å². The highest BCUT2D eigenvalue weighted by atomic mass is 35.5. The van der Waals surface area contributed by atoms with Gasteiger partial charge in [0.1, 0.15) is 11.6 Å². The Morgan fingerprint density at radius 3 is 2.26 bits per heavy atom. The van der Waals surface area contributed by atoms with E-state index in [-0.39, 0.29) is 16.3 Å². The molecule has 1 rings (SSSR count). The monoisotopic (exact) mass is 405 g/mol. The molecule has 0 aromatic heterocycles. The van der Waals surface area contributed by atoms with Gasteiger partial charge in [-0.2, -0.15) is 0 Å². The van der Waals surface area contributed by atoms with Gasteiger partial charge in [0.25, 0.3) is 6.43 Å². The van der Waals surface area contributed by atoms with Crippen molar-refractivity contribution in [1.82, 2.24) is 5.32 Å². The molecule has 0 heterocycles. The lowest BCUT2D eigenvalue weighted by Gasteiger charge is -2.18. The van der Waals surface area contributed by atoms with Crippen molar-refractivity contribution >= 4 is 17.3 Å². The van der Waals surface area contributed by atoms with Crippen molar-refractivity contribution in [3.05, 3.63) is 75.6 Å². The van der Waals surface area contributed by atoms with Crippen LogP contribution in [0.2, 0.25) is 5.02 Å². The van der Waals surface area contributed by atoms with Gasteiger partial charge >= 0.3 is 0 Å². The highest BCUT2D eigenvalue weighted by Crippen LogP contribution is 2.31. The van der Waals surface area contributed by atoms with E-state index in [0.717, 1.165) is 25.1 Å². The minimum absolute atomic E-state index is 0.0516. The van der Waals surface area contributed by atoms with Crippen LogP contribution in [0.3, 0.4) is 0 Å². The van der Waals surface area contributed by atoms with Gasteiger partial charge in [-0.25, -0.2) is 22.0 Å². The number of halogens is 6. The number of allylic oxidation sites excluding steroid dienone is 7. The standard InChI is InChI=1S/C20H21ClF5N/c1-4-6-13(7-5-2)15(8-12(3)22)20(27-11-18(25)26)19-16(23)9-14(21)10-17(19)24/h4,6-10,18,27H,5,11H2,1-3H3/b6-4-,12-8+,13-7+,20-15-. The molecule has 0 spiro atoms. The fourth-order valence-electron chi connectivity index (χ4n) is 2.44. The van der Waals surface area contributed by atoms with Gasteiger partial charge in [0.15, 0.2) is 0 Å². The summed E-state index contributed by atoms with van der Waals surface area (Å²) in [5.41, 5.74) is -0.380. The van der Waals surface area contributed by atoms with Crippen molar-refractivity contribution in [2.24, 2.45) is 0 Å². The fraction of sp³-hybridized carbons (Fsp3) is 0.300. The first-order valence-corrected chi connectivity index (χ1v) is 8.67. The van der Waals surface area contributed by atoms with Gasteiger partial charge in [0.2, 0.25) is 0 Å². The van der Waals surface area contributed by atoms with Gasteiger partial charge in [0, 0.05) is 10.6 Å². The third-order valence-corrected chi connectivity index (χ3v) is 3.60. The lowest BCUT2D eigenvalue weighted by Crippen LogP contribution is -2.23. The smallest absolute Gasteiger partial charge is 0.255 e. The van der Waals surface area contributed by atoms with Crippen molar-refractivity contribution in [3.63, 3.8) is 0 Å². The molecule has 1 N–H and O–H groups in total. The van der Waals surface area contributed by atoms with E-state index in [0.29, 0.717) is 12.0 Å². The van der Waals surface area contributed by atoms with Crippen molar-refractivity contribution in [2.45, 2.75) is 33.6 Å². The zero-order valence-corrected chi connectivity index (χ0v) is 16.0. The van der Waals surface area contributed by atoms with E-state index in [9.17, 15) is 22.0 Å². The van der Waals surface area contributed by atoms with Crippen LogP contribution in [-0.2, 0) is 0 Å². The Balaban J connectivity index is 3.88. The molecule has 1 aromatic carbocycles. The minimum atomic E-state index is -2.78. The SMILES string of the molecule is C\C=C/C(=C\CC)C(/C=C(\C)F)=C(\NCC(F)F)c1c(F)cc(Cl)cc1F. The molecule has 0 atom stereocenters. The van der Waals surface area contributed by atoms with E-state index in [1.807, 2.05) is 6.92 Å². The molecule has 0 saturated carbocycles. The van der Waals surface area contributed by atoms with Gasteiger partial charge in [-0.3, -0.25) is 0 Å². The van der Waals surface area contributed by atoms with E-state index >= 15 is 0 Å². The molecule has 0 amide bonds. The quantitative estimate of drug-likeness (QED) is 0.363. The van der Waals surface area contributed by atoms with Gasteiger partial charge in [-0.05, 0) is 44.1 Å². The number of alkyl halides is 2. The largest absolute Gasteiger partial charge is 0.378 e. The highest BCUT2D eigenvalue weighted by Gasteiger charge is 2.21. The highest BCUT2D eigenvalue weighted by molar-refractivity contribution is 6.30. The second-order valence-electron chi connectivity index (χ2n) is 5.60. The molecule has 0 aliphatic rings. The maximum Gasteiger partial charge on any atom is 0.255 e. The van der Waals surface area contributed by atoms with Crippen LogP contribution < -0.4 is 5.32 Å². The molecule has 148 valence electrons. The Bertz CT molecular complexity index is 752. The van der Waals surface area contributed by atoms with Gasteiger partial charge in [-0.15, -0.1) is 0 Å². The molecular formula is C20H21ClF5N. The van der Waals surface area contributed by atoms with Crippen LogP contribution >= 0.6 is 11.6 Å². The lowest BCUT2D eigenvalue weighted by atomic mass is 9.96. The summed E-state index contributed by atoms with van der Waals surface area (Å²) >= 11 is 5.65. The van der Waals surface area contributed by atoms with E-state index < -0.39 is 36.0 Å². The van der Waals surface area contributed by atoms with Crippen molar-refractivity contribution < 1.29 is 22.0 Å². The first-order chi connectivity index (χ1) is 12.7. The van der Waals surface area contributed by atoms with Gasteiger partial charge in [-0.1, -0.05) is 36.8 Å². The number of nitrogens with one attached hydrogen (secondary N) is 1. The molecule has 0 aliphatic carbocycles. The first-order valence-electron chi connectivity index (χ1n) is 8.29. The molecule has 1 aromatic rings. The second kappa shape index (κ2) is 10.9. The molecule has 0 aliphatic heterocycles. The summed E-state index contributed by atoms with van der Waals surface area (Å²) in [6.07, 6.45) is 3.76. The van der Waals surface area contributed by atoms with Gasteiger partial charge < -0.3 is 5.32 Å². The molecule has 0 saturated heterocycles. The normalized spacial score (nSPS) is 14.1. The number of hydrogen-bond donors (Lipinski definition) is 1. The summed E-state index contributed by atoms with van der Waals surface area (Å²) in [5.74, 6) is -2.74. The Kier molecular flexibility index (Phi) is 9.29. The van der Waals surface area contributed by atoms with Gasteiger partial charge in [0.05, 0.1) is 23.6 Å². The summed E-state index contributed by atoms with van der Waals surface area (Å²) in [5, 5.41) is 2.18. The predicted octanol–water partition coefficient (Wildman–Crippen LogP) is 6.97. The zero-order valence-electron chi connectivity index (χ0n) is 15.2. The fourth-order valence-corrected chi connectivity index (χ4v) is 2.64. The van der Waals surface area contributed by atoms with Crippen molar-refractivity contribution in [1.29, 1.82) is 0 Å². The summed E-state index contributed by atoms with van der Waals surface area (Å²) < 4.78 is 68.3. The summed E-state index contributed by atoms with van der Waals surface area (Å²) in [4.78, 5) is 0. The van der Waals surface area contributed by atoms with E-state index in [1.54, 1.807) is 25.2 Å². The summed E-state index contributed by atoms with van der Waals surface area (Å²) in [7, 11) is 0. The molecule has 0 fully saturated rings. The minimum Gasteiger partial charge on any atom is -0.378 e. The maximum atomic E-state index is 14.5. The second-order valence-corrected chi connectivity index (χ2v) is 6.04. The molecule has 7 heteroatoms. The topological polar surface area (TPSA) is 12.0 Å². The van der Waals surface area contributed by atoms with E-state index in [4.69, 9.17) is 11.6 Å². The average Bonchev–Trinajstić information content (AvgIpc) is 2.54. The van der Waals surface area contributed by atoms with Crippen LogP contribution in [0, 0.1) is 11.6 Å². The van der Waals surface area contributed by atoms with Crippen LogP contribution in [0.5, 0.6) is 0 Å². The molecule has 1 nitrogen and oxygen atoms in total. The zero-order chi connectivity index (χ0) is 20.6. The predicted molar refractivity (Wildman–Crippen MR) is 100 cm³/mol. The maximum absolute atomic E-state index is 14.5. The number of rotatable bonds is 8. The Labute approximate surface area is 160 Å². The molecule has 0 bridgehead atoms. The van der Waals surface area contributed by atoms with Crippen LogP contribution in [0.1, 0.15) is 32.8 Å².